The van der Waals surface area contributed by atoms with E-state index in [0.717, 1.165) is 24.4 Å². The summed E-state index contributed by atoms with van der Waals surface area (Å²) in [5, 5.41) is 4.38. The average molecular weight is 240 g/mol. The van der Waals surface area contributed by atoms with E-state index >= 15 is 0 Å². The molecular weight excluding hydrogens is 222 g/mol. The lowest BCUT2D eigenvalue weighted by Crippen LogP contribution is -2.26. The van der Waals surface area contributed by atoms with Gasteiger partial charge in [-0.05, 0) is 30.9 Å². The predicted octanol–water partition coefficient (Wildman–Crippen LogP) is 3.00. The number of hydrogen-bond acceptors (Lipinski definition) is 2. The fraction of sp³-hybridized carbons (Fsp3) is 0.538. The van der Waals surface area contributed by atoms with Gasteiger partial charge in [0.05, 0.1) is 6.10 Å². The lowest BCUT2D eigenvalue weighted by atomic mass is 10.2. The summed E-state index contributed by atoms with van der Waals surface area (Å²) in [7, 11) is 1.79. The van der Waals surface area contributed by atoms with Crippen LogP contribution >= 0.6 is 11.6 Å². The second-order valence-electron chi connectivity index (χ2n) is 4.34. The number of ether oxygens (including phenoxy) is 1. The van der Waals surface area contributed by atoms with E-state index in [4.69, 9.17) is 16.3 Å². The normalized spacial score (nSPS) is 24.9. The van der Waals surface area contributed by atoms with Crippen molar-refractivity contribution < 1.29 is 4.74 Å². The monoisotopic (exact) mass is 239 g/mol. The van der Waals surface area contributed by atoms with Crippen LogP contribution in [0.25, 0.3) is 0 Å². The standard InChI is InChI=1S/C13H18ClNO/c1-16-12-7-6-11(8-12)15-9-10-4-2-3-5-13(10)14/h2-5,11-12,15H,6-9H2,1H3. The maximum atomic E-state index is 6.10. The molecule has 1 N–H and O–H groups in total. The number of rotatable bonds is 4. The molecule has 2 rings (SSSR count). The molecule has 2 unspecified atom stereocenters. The average Bonchev–Trinajstić information content (AvgIpc) is 2.76. The minimum Gasteiger partial charge on any atom is -0.381 e. The predicted molar refractivity (Wildman–Crippen MR) is 66.7 cm³/mol. The second-order valence-corrected chi connectivity index (χ2v) is 4.75. The Bertz CT molecular complexity index is 342. The zero-order valence-corrected chi connectivity index (χ0v) is 10.3. The molecule has 1 aromatic carbocycles. The van der Waals surface area contributed by atoms with Crippen LogP contribution in [-0.4, -0.2) is 19.3 Å². The quantitative estimate of drug-likeness (QED) is 0.872. The molecule has 16 heavy (non-hydrogen) atoms. The summed E-state index contributed by atoms with van der Waals surface area (Å²) in [5.41, 5.74) is 1.17. The van der Waals surface area contributed by atoms with Crippen molar-refractivity contribution in [1.29, 1.82) is 0 Å². The highest BCUT2D eigenvalue weighted by Gasteiger charge is 2.23. The molecule has 88 valence electrons. The van der Waals surface area contributed by atoms with Crippen molar-refractivity contribution in [3.8, 4) is 0 Å². The van der Waals surface area contributed by atoms with Crippen LogP contribution in [0, 0.1) is 0 Å². The van der Waals surface area contributed by atoms with E-state index < -0.39 is 0 Å². The van der Waals surface area contributed by atoms with Crippen molar-refractivity contribution in [3.63, 3.8) is 0 Å². The maximum absolute atomic E-state index is 6.10. The molecule has 0 radical (unpaired) electrons. The van der Waals surface area contributed by atoms with Crippen LogP contribution in [0.3, 0.4) is 0 Å². The molecule has 1 saturated carbocycles. The Kier molecular flexibility index (Phi) is 4.22. The van der Waals surface area contributed by atoms with Gasteiger partial charge in [0.2, 0.25) is 0 Å². The van der Waals surface area contributed by atoms with E-state index in [-0.39, 0.29) is 0 Å². The molecule has 1 fully saturated rings. The number of hydrogen-bond donors (Lipinski definition) is 1. The molecule has 0 heterocycles. The van der Waals surface area contributed by atoms with Crippen molar-refractivity contribution >= 4 is 11.6 Å². The van der Waals surface area contributed by atoms with Crippen LogP contribution in [0.1, 0.15) is 24.8 Å². The van der Waals surface area contributed by atoms with Gasteiger partial charge in [0, 0.05) is 24.7 Å². The number of benzene rings is 1. The summed E-state index contributed by atoms with van der Waals surface area (Å²) >= 11 is 6.10. The number of halogens is 1. The first kappa shape index (κ1) is 11.9. The lowest BCUT2D eigenvalue weighted by Gasteiger charge is -2.13. The summed E-state index contributed by atoms with van der Waals surface area (Å²) in [6, 6.07) is 8.56. The topological polar surface area (TPSA) is 21.3 Å². The first-order valence-corrected chi connectivity index (χ1v) is 6.17. The van der Waals surface area contributed by atoms with Gasteiger partial charge in [-0.3, -0.25) is 0 Å². The van der Waals surface area contributed by atoms with E-state index in [1.165, 1.54) is 12.0 Å². The van der Waals surface area contributed by atoms with E-state index in [1.807, 2.05) is 18.2 Å². The smallest absolute Gasteiger partial charge is 0.0586 e. The fourth-order valence-corrected chi connectivity index (χ4v) is 2.44. The van der Waals surface area contributed by atoms with Crippen molar-refractivity contribution in [3.05, 3.63) is 34.9 Å². The molecule has 0 amide bonds. The van der Waals surface area contributed by atoms with Crippen molar-refractivity contribution in [2.75, 3.05) is 7.11 Å². The fourth-order valence-electron chi connectivity index (χ4n) is 2.24. The van der Waals surface area contributed by atoms with E-state index in [1.54, 1.807) is 7.11 Å². The van der Waals surface area contributed by atoms with Crippen LogP contribution < -0.4 is 5.32 Å². The third-order valence-corrected chi connectivity index (χ3v) is 3.63. The van der Waals surface area contributed by atoms with Gasteiger partial charge in [-0.1, -0.05) is 29.8 Å². The second kappa shape index (κ2) is 5.67. The SMILES string of the molecule is COC1CCC(NCc2ccccc2Cl)C1. The summed E-state index contributed by atoms with van der Waals surface area (Å²) in [5.74, 6) is 0. The van der Waals surface area contributed by atoms with E-state index in [2.05, 4.69) is 11.4 Å². The van der Waals surface area contributed by atoms with Crippen LogP contribution in [0.4, 0.5) is 0 Å². The minimum atomic E-state index is 0.434. The summed E-state index contributed by atoms with van der Waals surface area (Å²) in [6.45, 7) is 0.848. The van der Waals surface area contributed by atoms with E-state index in [0.29, 0.717) is 12.1 Å². The van der Waals surface area contributed by atoms with E-state index in [9.17, 15) is 0 Å². The first-order valence-electron chi connectivity index (χ1n) is 5.79. The molecule has 0 saturated heterocycles. The Labute approximate surface area is 102 Å². The molecular formula is C13H18ClNO. The first-order chi connectivity index (χ1) is 7.79. The summed E-state index contributed by atoms with van der Waals surface area (Å²) in [4.78, 5) is 0. The highest BCUT2D eigenvalue weighted by molar-refractivity contribution is 6.31. The summed E-state index contributed by atoms with van der Waals surface area (Å²) < 4.78 is 5.35. The Morgan fingerprint density at radius 2 is 2.19 bits per heavy atom. The molecule has 1 aliphatic rings. The Hall–Kier alpha value is -0.570. The van der Waals surface area contributed by atoms with Gasteiger partial charge >= 0.3 is 0 Å². The molecule has 2 atom stereocenters. The Balaban J connectivity index is 1.82. The van der Waals surface area contributed by atoms with Crippen molar-refractivity contribution in [2.24, 2.45) is 0 Å². The molecule has 1 aliphatic carbocycles. The van der Waals surface area contributed by atoms with Crippen LogP contribution in [0.5, 0.6) is 0 Å². The van der Waals surface area contributed by atoms with Gasteiger partial charge in [0.15, 0.2) is 0 Å². The largest absolute Gasteiger partial charge is 0.381 e. The molecule has 3 heteroatoms. The minimum absolute atomic E-state index is 0.434. The molecule has 0 bridgehead atoms. The van der Waals surface area contributed by atoms with Gasteiger partial charge < -0.3 is 10.1 Å². The number of methoxy groups -OCH3 is 1. The van der Waals surface area contributed by atoms with Crippen LogP contribution in [-0.2, 0) is 11.3 Å². The third kappa shape index (κ3) is 2.97. The molecule has 1 aromatic rings. The zero-order chi connectivity index (χ0) is 11.4. The van der Waals surface area contributed by atoms with Crippen molar-refractivity contribution in [2.45, 2.75) is 38.0 Å². The lowest BCUT2D eigenvalue weighted by molar-refractivity contribution is 0.107. The van der Waals surface area contributed by atoms with Crippen molar-refractivity contribution in [1.82, 2.24) is 5.32 Å². The molecule has 0 spiro atoms. The van der Waals surface area contributed by atoms with Gasteiger partial charge in [0.25, 0.3) is 0 Å². The number of nitrogens with one attached hydrogen (secondary N) is 1. The van der Waals surface area contributed by atoms with Crippen LogP contribution in [0.15, 0.2) is 24.3 Å². The van der Waals surface area contributed by atoms with Gasteiger partial charge in [-0.2, -0.15) is 0 Å². The summed E-state index contributed by atoms with van der Waals surface area (Å²) in [6.07, 6.45) is 3.91. The third-order valence-electron chi connectivity index (χ3n) is 3.26. The highest BCUT2D eigenvalue weighted by Crippen LogP contribution is 2.22. The Morgan fingerprint density at radius 1 is 1.38 bits per heavy atom. The molecule has 0 aliphatic heterocycles. The highest BCUT2D eigenvalue weighted by atomic mass is 35.5. The molecule has 2 nitrogen and oxygen atoms in total. The van der Waals surface area contributed by atoms with Gasteiger partial charge in [-0.15, -0.1) is 0 Å². The van der Waals surface area contributed by atoms with Gasteiger partial charge in [-0.25, -0.2) is 0 Å². The zero-order valence-electron chi connectivity index (χ0n) is 9.58. The Morgan fingerprint density at radius 3 is 2.88 bits per heavy atom. The van der Waals surface area contributed by atoms with Gasteiger partial charge in [0.1, 0.15) is 0 Å². The molecule has 0 aromatic heterocycles. The maximum Gasteiger partial charge on any atom is 0.0586 e. The van der Waals surface area contributed by atoms with Crippen LogP contribution in [0.2, 0.25) is 5.02 Å².